The highest BCUT2D eigenvalue weighted by Gasteiger charge is 2.32. The minimum Gasteiger partial charge on any atom is -0.299 e. The van der Waals surface area contributed by atoms with Crippen LogP contribution in [-0.4, -0.2) is 24.0 Å². The van der Waals surface area contributed by atoms with Crippen LogP contribution in [0.1, 0.15) is 25.7 Å². The molecule has 0 bridgehead atoms. The van der Waals surface area contributed by atoms with E-state index in [1.54, 1.807) is 0 Å². The van der Waals surface area contributed by atoms with Crippen molar-refractivity contribution in [2.45, 2.75) is 31.7 Å². The van der Waals surface area contributed by atoms with Gasteiger partial charge in [-0.15, -0.1) is 0 Å². The molecule has 11 heavy (non-hydrogen) atoms. The van der Waals surface area contributed by atoms with Gasteiger partial charge in [-0.3, -0.25) is 4.90 Å². The number of fused-ring (bicyclic) bond motifs is 1. The van der Waals surface area contributed by atoms with Crippen LogP contribution in [-0.2, 0) is 0 Å². The Bertz CT molecular complexity index is 168. The molecule has 2 heteroatoms. The van der Waals surface area contributed by atoms with Gasteiger partial charge in [-0.2, -0.15) is 5.26 Å². The second-order valence-corrected chi connectivity index (χ2v) is 3.71. The predicted molar refractivity (Wildman–Crippen MR) is 42.9 cm³/mol. The highest BCUT2D eigenvalue weighted by atomic mass is 15.2. The Morgan fingerprint density at radius 1 is 1.36 bits per heavy atom. The van der Waals surface area contributed by atoms with Gasteiger partial charge in [0.05, 0.1) is 12.0 Å². The Morgan fingerprint density at radius 3 is 3.00 bits per heavy atom. The summed E-state index contributed by atoms with van der Waals surface area (Å²) in [5.41, 5.74) is 0. The van der Waals surface area contributed by atoms with Gasteiger partial charge in [0.2, 0.25) is 0 Å². The molecule has 2 aliphatic heterocycles. The summed E-state index contributed by atoms with van der Waals surface area (Å²) < 4.78 is 0. The number of nitrogens with zero attached hydrogens (tertiary/aromatic N) is 2. The van der Waals surface area contributed by atoms with E-state index in [-0.39, 0.29) is 0 Å². The van der Waals surface area contributed by atoms with Gasteiger partial charge in [-0.1, -0.05) is 6.42 Å². The maximum Gasteiger partial charge on any atom is 0.0669 e. The molecular weight excluding hydrogens is 136 g/mol. The molecule has 0 aromatic heterocycles. The van der Waals surface area contributed by atoms with Gasteiger partial charge in [0.15, 0.2) is 0 Å². The lowest BCUT2D eigenvalue weighted by atomic mass is 10.0. The third-order valence-corrected chi connectivity index (χ3v) is 2.94. The smallest absolute Gasteiger partial charge is 0.0669 e. The molecule has 0 spiro atoms. The predicted octanol–water partition coefficient (Wildman–Crippen LogP) is 1.38. The summed E-state index contributed by atoms with van der Waals surface area (Å²) in [6.07, 6.45) is 5.18. The van der Waals surface area contributed by atoms with Crippen LogP contribution in [0.15, 0.2) is 0 Å². The van der Waals surface area contributed by atoms with Crippen molar-refractivity contribution in [3.8, 4) is 6.07 Å². The Kier molecular flexibility index (Phi) is 1.83. The lowest BCUT2D eigenvalue weighted by molar-refractivity contribution is 0.197. The fourth-order valence-electron chi connectivity index (χ4n) is 2.35. The van der Waals surface area contributed by atoms with Crippen molar-refractivity contribution >= 4 is 0 Å². The van der Waals surface area contributed by atoms with E-state index < -0.39 is 0 Å². The SMILES string of the molecule is N#C[C@H]1C[C@@H]2CCCCN2C1. The third kappa shape index (κ3) is 1.25. The first-order chi connectivity index (χ1) is 5.40. The zero-order valence-electron chi connectivity index (χ0n) is 6.79. The van der Waals surface area contributed by atoms with Gasteiger partial charge < -0.3 is 0 Å². The minimum absolute atomic E-state index is 0.332. The van der Waals surface area contributed by atoms with Gasteiger partial charge in [0.1, 0.15) is 0 Å². The van der Waals surface area contributed by atoms with E-state index in [1.807, 2.05) is 0 Å². The molecule has 0 radical (unpaired) electrons. The lowest BCUT2D eigenvalue weighted by Gasteiger charge is -2.28. The topological polar surface area (TPSA) is 27.0 Å². The van der Waals surface area contributed by atoms with Crippen LogP contribution in [0.2, 0.25) is 0 Å². The minimum atomic E-state index is 0.332. The quantitative estimate of drug-likeness (QED) is 0.521. The normalized spacial score (nSPS) is 38.1. The molecule has 0 unspecified atom stereocenters. The lowest BCUT2D eigenvalue weighted by Crippen LogP contribution is -2.33. The van der Waals surface area contributed by atoms with Gasteiger partial charge in [-0.05, 0) is 25.8 Å². The van der Waals surface area contributed by atoms with E-state index >= 15 is 0 Å². The molecule has 0 aliphatic carbocycles. The Balaban J connectivity index is 1.99. The molecule has 0 saturated carbocycles. The molecular formula is C9H14N2. The van der Waals surface area contributed by atoms with Crippen LogP contribution in [0.25, 0.3) is 0 Å². The van der Waals surface area contributed by atoms with Crippen LogP contribution >= 0.6 is 0 Å². The number of nitriles is 1. The largest absolute Gasteiger partial charge is 0.299 e. The van der Waals surface area contributed by atoms with Crippen molar-refractivity contribution in [1.29, 1.82) is 5.26 Å². The number of hydrogen-bond acceptors (Lipinski definition) is 2. The van der Waals surface area contributed by atoms with Crippen LogP contribution in [0.4, 0.5) is 0 Å². The number of piperidine rings is 1. The Morgan fingerprint density at radius 2 is 2.27 bits per heavy atom. The number of rotatable bonds is 0. The fourth-order valence-corrected chi connectivity index (χ4v) is 2.35. The van der Waals surface area contributed by atoms with E-state index in [1.165, 1.54) is 25.8 Å². The molecule has 60 valence electrons. The summed E-state index contributed by atoms with van der Waals surface area (Å²) in [6.45, 7) is 2.28. The van der Waals surface area contributed by atoms with Crippen LogP contribution < -0.4 is 0 Å². The molecule has 2 nitrogen and oxygen atoms in total. The molecule has 0 amide bonds. The summed E-state index contributed by atoms with van der Waals surface area (Å²) in [7, 11) is 0. The standard InChI is InChI=1S/C9H14N2/c10-6-8-5-9-3-1-2-4-11(9)7-8/h8-9H,1-5,7H2/t8-,9+/m1/s1. The molecule has 0 aromatic rings. The Labute approximate surface area is 67.8 Å². The van der Waals surface area contributed by atoms with Crippen LogP contribution in [0.5, 0.6) is 0 Å². The monoisotopic (exact) mass is 150 g/mol. The molecule has 2 fully saturated rings. The van der Waals surface area contributed by atoms with Crippen molar-refractivity contribution < 1.29 is 0 Å². The molecule has 0 N–H and O–H groups in total. The fraction of sp³-hybridized carbons (Fsp3) is 0.889. The number of hydrogen-bond donors (Lipinski definition) is 0. The Hall–Kier alpha value is -0.550. The van der Waals surface area contributed by atoms with E-state index in [9.17, 15) is 0 Å². The zero-order valence-corrected chi connectivity index (χ0v) is 6.79. The van der Waals surface area contributed by atoms with Crippen LogP contribution in [0, 0.1) is 17.2 Å². The summed E-state index contributed by atoms with van der Waals surface area (Å²) >= 11 is 0. The van der Waals surface area contributed by atoms with Crippen molar-refractivity contribution in [3.63, 3.8) is 0 Å². The second-order valence-electron chi connectivity index (χ2n) is 3.71. The van der Waals surface area contributed by atoms with E-state index in [4.69, 9.17) is 5.26 Å². The first kappa shape index (κ1) is 7.12. The van der Waals surface area contributed by atoms with Gasteiger partial charge >= 0.3 is 0 Å². The third-order valence-electron chi connectivity index (χ3n) is 2.94. The van der Waals surface area contributed by atoms with Gasteiger partial charge in [0, 0.05) is 12.6 Å². The van der Waals surface area contributed by atoms with Gasteiger partial charge in [-0.25, -0.2) is 0 Å². The highest BCUT2D eigenvalue weighted by molar-refractivity contribution is 4.96. The van der Waals surface area contributed by atoms with Crippen molar-refractivity contribution in [3.05, 3.63) is 0 Å². The van der Waals surface area contributed by atoms with E-state index in [2.05, 4.69) is 11.0 Å². The molecule has 2 saturated heterocycles. The maximum absolute atomic E-state index is 8.74. The summed E-state index contributed by atoms with van der Waals surface area (Å²) in [5, 5.41) is 8.74. The summed E-state index contributed by atoms with van der Waals surface area (Å²) in [4.78, 5) is 2.50. The van der Waals surface area contributed by atoms with Crippen molar-refractivity contribution in [2.24, 2.45) is 5.92 Å². The second kappa shape index (κ2) is 2.83. The molecule has 2 aliphatic rings. The molecule has 0 aromatic carbocycles. The van der Waals surface area contributed by atoms with Crippen LogP contribution in [0.3, 0.4) is 0 Å². The van der Waals surface area contributed by atoms with E-state index in [0.717, 1.165) is 19.0 Å². The van der Waals surface area contributed by atoms with Crippen molar-refractivity contribution in [1.82, 2.24) is 4.90 Å². The first-order valence-corrected chi connectivity index (χ1v) is 4.54. The van der Waals surface area contributed by atoms with Gasteiger partial charge in [0.25, 0.3) is 0 Å². The van der Waals surface area contributed by atoms with Crippen molar-refractivity contribution in [2.75, 3.05) is 13.1 Å². The average molecular weight is 150 g/mol. The first-order valence-electron chi connectivity index (χ1n) is 4.54. The molecule has 2 heterocycles. The molecule has 2 rings (SSSR count). The highest BCUT2D eigenvalue weighted by Crippen LogP contribution is 2.29. The zero-order chi connectivity index (χ0) is 7.68. The molecule has 2 atom stereocenters. The van der Waals surface area contributed by atoms with E-state index in [0.29, 0.717) is 5.92 Å². The maximum atomic E-state index is 8.74. The summed E-state index contributed by atoms with van der Waals surface area (Å²) in [5.74, 6) is 0.332. The summed E-state index contributed by atoms with van der Waals surface area (Å²) in [6, 6.07) is 3.14. The average Bonchev–Trinajstić information content (AvgIpc) is 2.46.